The summed E-state index contributed by atoms with van der Waals surface area (Å²) in [6.45, 7) is 4.04. The van der Waals surface area contributed by atoms with E-state index in [1.807, 2.05) is 12.1 Å². The Balaban J connectivity index is 2.06. The number of aliphatic hydroxyl groups is 1. The summed E-state index contributed by atoms with van der Waals surface area (Å²) >= 11 is 0. The number of benzene rings is 1. The summed E-state index contributed by atoms with van der Waals surface area (Å²) in [6, 6.07) is 8.95. The number of hydrogen-bond donors (Lipinski definition) is 1. The maximum atomic E-state index is 9.52. The first-order valence-electron chi connectivity index (χ1n) is 6.77. The van der Waals surface area contributed by atoms with Crippen molar-refractivity contribution in [2.75, 3.05) is 32.1 Å². The zero-order valence-electron chi connectivity index (χ0n) is 11.6. The van der Waals surface area contributed by atoms with Gasteiger partial charge in [-0.3, -0.25) is 0 Å². The molecule has 1 aliphatic rings. The summed E-state index contributed by atoms with van der Waals surface area (Å²) in [5.74, 6) is 0. The van der Waals surface area contributed by atoms with E-state index in [0.717, 1.165) is 18.7 Å². The lowest BCUT2D eigenvalue weighted by Crippen LogP contribution is -2.45. The van der Waals surface area contributed by atoms with Gasteiger partial charge in [-0.15, -0.1) is 0 Å². The van der Waals surface area contributed by atoms with Crippen LogP contribution in [-0.4, -0.2) is 43.2 Å². The largest absolute Gasteiger partial charge is 0.389 e. The summed E-state index contributed by atoms with van der Waals surface area (Å²) in [4.78, 5) is 4.76. The predicted molar refractivity (Wildman–Crippen MR) is 76.0 cm³/mol. The van der Waals surface area contributed by atoms with E-state index in [-0.39, 0.29) is 6.10 Å². The third-order valence-electron chi connectivity index (χ3n) is 3.87. The van der Waals surface area contributed by atoms with Gasteiger partial charge in [0.1, 0.15) is 0 Å². The molecule has 0 aromatic heterocycles. The molecule has 2 atom stereocenters. The van der Waals surface area contributed by atoms with Gasteiger partial charge in [-0.1, -0.05) is 12.1 Å². The van der Waals surface area contributed by atoms with Gasteiger partial charge in [-0.25, -0.2) is 0 Å². The molecule has 0 saturated carbocycles. The zero-order chi connectivity index (χ0) is 13.1. The fourth-order valence-corrected chi connectivity index (χ4v) is 2.57. The van der Waals surface area contributed by atoms with Crippen molar-refractivity contribution in [1.82, 2.24) is 4.90 Å². The first-order valence-corrected chi connectivity index (χ1v) is 6.77. The standard InChI is InChI=1S/C15H24N2O/c1-12(18)13-6-8-14(9-7-13)17-10-4-5-15(11-17)16(2)3/h6-9,12,15,18H,4-5,10-11H2,1-3H3. The highest BCUT2D eigenvalue weighted by Gasteiger charge is 2.21. The molecule has 1 fully saturated rings. The number of rotatable bonds is 3. The van der Waals surface area contributed by atoms with Crippen molar-refractivity contribution in [2.45, 2.75) is 31.9 Å². The van der Waals surface area contributed by atoms with E-state index in [4.69, 9.17) is 0 Å². The van der Waals surface area contributed by atoms with Crippen LogP contribution in [0.1, 0.15) is 31.4 Å². The molecule has 1 aromatic carbocycles. The third kappa shape index (κ3) is 3.03. The number of likely N-dealkylation sites (N-methyl/N-ethyl adjacent to an activating group) is 1. The molecule has 3 heteroatoms. The van der Waals surface area contributed by atoms with Gasteiger partial charge in [0.25, 0.3) is 0 Å². The van der Waals surface area contributed by atoms with Crippen molar-refractivity contribution < 1.29 is 5.11 Å². The highest BCUT2D eigenvalue weighted by molar-refractivity contribution is 5.48. The van der Waals surface area contributed by atoms with E-state index in [0.29, 0.717) is 6.04 Å². The Bertz CT molecular complexity index is 373. The van der Waals surface area contributed by atoms with Crippen molar-refractivity contribution in [2.24, 2.45) is 0 Å². The molecule has 0 aliphatic carbocycles. The van der Waals surface area contributed by atoms with Gasteiger partial charge in [-0.2, -0.15) is 0 Å². The van der Waals surface area contributed by atoms with Crippen molar-refractivity contribution in [3.8, 4) is 0 Å². The van der Waals surface area contributed by atoms with Crippen molar-refractivity contribution >= 4 is 5.69 Å². The SMILES string of the molecule is CC(O)c1ccc(N2CCCC(N(C)C)C2)cc1. The fourth-order valence-electron chi connectivity index (χ4n) is 2.57. The first kappa shape index (κ1) is 13.4. The summed E-state index contributed by atoms with van der Waals surface area (Å²) in [6.07, 6.45) is 2.16. The van der Waals surface area contributed by atoms with Crippen molar-refractivity contribution in [3.63, 3.8) is 0 Å². The topological polar surface area (TPSA) is 26.7 Å². The Hall–Kier alpha value is -1.06. The first-order chi connectivity index (χ1) is 8.58. The maximum Gasteiger partial charge on any atom is 0.0761 e. The molecular weight excluding hydrogens is 224 g/mol. The fraction of sp³-hybridized carbons (Fsp3) is 0.600. The predicted octanol–water partition coefficient (Wildman–Crippen LogP) is 2.27. The van der Waals surface area contributed by atoms with E-state index in [1.165, 1.54) is 18.5 Å². The van der Waals surface area contributed by atoms with Crippen LogP contribution in [0.2, 0.25) is 0 Å². The van der Waals surface area contributed by atoms with Gasteiger partial charge in [0.15, 0.2) is 0 Å². The van der Waals surface area contributed by atoms with Crippen LogP contribution in [0.4, 0.5) is 5.69 Å². The number of aliphatic hydroxyl groups excluding tert-OH is 1. The molecule has 0 bridgehead atoms. The van der Waals surface area contributed by atoms with Crippen LogP contribution in [0.25, 0.3) is 0 Å². The average Bonchev–Trinajstić information content (AvgIpc) is 2.39. The lowest BCUT2D eigenvalue weighted by molar-refractivity contribution is 0.199. The van der Waals surface area contributed by atoms with Gasteiger partial charge in [0.2, 0.25) is 0 Å². The molecule has 0 amide bonds. The van der Waals surface area contributed by atoms with Crippen LogP contribution in [0.15, 0.2) is 24.3 Å². The van der Waals surface area contributed by atoms with Crippen molar-refractivity contribution in [1.29, 1.82) is 0 Å². The molecule has 0 radical (unpaired) electrons. The molecule has 1 heterocycles. The normalized spacial score (nSPS) is 22.3. The molecule has 1 aliphatic heterocycles. The Kier molecular flexibility index (Phi) is 4.25. The minimum atomic E-state index is -0.380. The van der Waals surface area contributed by atoms with E-state index in [1.54, 1.807) is 6.92 Å². The molecule has 1 N–H and O–H groups in total. The molecule has 2 rings (SSSR count). The summed E-state index contributed by atoms with van der Waals surface area (Å²) in [7, 11) is 4.31. The number of hydrogen-bond acceptors (Lipinski definition) is 3. The number of anilines is 1. The molecule has 2 unspecified atom stereocenters. The third-order valence-corrected chi connectivity index (χ3v) is 3.87. The second kappa shape index (κ2) is 5.72. The van der Waals surface area contributed by atoms with Crippen LogP contribution in [0.5, 0.6) is 0 Å². The second-order valence-electron chi connectivity index (χ2n) is 5.47. The molecular formula is C15H24N2O. The van der Waals surface area contributed by atoms with Gasteiger partial charge < -0.3 is 14.9 Å². The summed E-state index contributed by atoms with van der Waals surface area (Å²) in [5.41, 5.74) is 2.26. The van der Waals surface area contributed by atoms with Gasteiger partial charge in [0.05, 0.1) is 6.10 Å². The monoisotopic (exact) mass is 248 g/mol. The zero-order valence-corrected chi connectivity index (χ0v) is 11.6. The minimum Gasteiger partial charge on any atom is -0.389 e. The summed E-state index contributed by atoms with van der Waals surface area (Å²) < 4.78 is 0. The van der Waals surface area contributed by atoms with E-state index in [9.17, 15) is 5.11 Å². The van der Waals surface area contributed by atoms with Crippen LogP contribution in [0, 0.1) is 0 Å². The van der Waals surface area contributed by atoms with Crippen LogP contribution >= 0.6 is 0 Å². The van der Waals surface area contributed by atoms with Crippen LogP contribution < -0.4 is 4.90 Å². The molecule has 1 saturated heterocycles. The highest BCUT2D eigenvalue weighted by atomic mass is 16.3. The smallest absolute Gasteiger partial charge is 0.0761 e. The maximum absolute atomic E-state index is 9.52. The molecule has 100 valence electrons. The van der Waals surface area contributed by atoms with Gasteiger partial charge in [-0.05, 0) is 51.6 Å². The number of nitrogens with zero attached hydrogens (tertiary/aromatic N) is 2. The van der Waals surface area contributed by atoms with E-state index >= 15 is 0 Å². The van der Waals surface area contributed by atoms with E-state index in [2.05, 4.69) is 36.0 Å². The molecule has 18 heavy (non-hydrogen) atoms. The Morgan fingerprint density at radius 2 is 1.94 bits per heavy atom. The van der Waals surface area contributed by atoms with Crippen molar-refractivity contribution in [3.05, 3.63) is 29.8 Å². The van der Waals surface area contributed by atoms with Crippen LogP contribution in [0.3, 0.4) is 0 Å². The van der Waals surface area contributed by atoms with Gasteiger partial charge >= 0.3 is 0 Å². The van der Waals surface area contributed by atoms with Crippen LogP contribution in [-0.2, 0) is 0 Å². The molecule has 1 aromatic rings. The highest BCUT2D eigenvalue weighted by Crippen LogP contribution is 2.23. The second-order valence-corrected chi connectivity index (χ2v) is 5.47. The average molecular weight is 248 g/mol. The Labute approximate surface area is 110 Å². The summed E-state index contributed by atoms with van der Waals surface area (Å²) in [5, 5.41) is 9.52. The molecule has 3 nitrogen and oxygen atoms in total. The molecule has 0 spiro atoms. The number of piperidine rings is 1. The quantitative estimate of drug-likeness (QED) is 0.889. The van der Waals surface area contributed by atoms with Gasteiger partial charge in [0, 0.05) is 24.8 Å². The lowest BCUT2D eigenvalue weighted by Gasteiger charge is -2.37. The van der Waals surface area contributed by atoms with E-state index < -0.39 is 0 Å². The Morgan fingerprint density at radius 3 is 2.50 bits per heavy atom. The minimum absolute atomic E-state index is 0.380. The lowest BCUT2D eigenvalue weighted by atomic mass is 10.0. The Morgan fingerprint density at radius 1 is 1.28 bits per heavy atom.